The smallest absolute Gasteiger partial charge is 0.312 e. The molecule has 2 N–H and O–H groups in total. The molecule has 1 aromatic rings. The van der Waals surface area contributed by atoms with Crippen LogP contribution in [0.1, 0.15) is 42.7 Å². The van der Waals surface area contributed by atoms with Gasteiger partial charge in [-0.2, -0.15) is 0 Å². The van der Waals surface area contributed by atoms with Gasteiger partial charge in [0.2, 0.25) is 0 Å². The van der Waals surface area contributed by atoms with Crippen LogP contribution >= 0.6 is 11.3 Å². The Hall–Kier alpha value is -1.10. The highest BCUT2D eigenvalue weighted by atomic mass is 32.1. The van der Waals surface area contributed by atoms with Gasteiger partial charge in [-0.3, -0.25) is 4.79 Å². The summed E-state index contributed by atoms with van der Waals surface area (Å²) in [5, 5.41) is 13.4. The summed E-state index contributed by atoms with van der Waals surface area (Å²) in [7, 11) is 0. The lowest BCUT2D eigenvalue weighted by molar-refractivity contribution is -0.138. The first-order valence-corrected chi connectivity index (χ1v) is 6.95. The molecule has 2 atom stereocenters. The lowest BCUT2D eigenvalue weighted by Crippen LogP contribution is -2.17. The third-order valence-electron chi connectivity index (χ3n) is 3.70. The van der Waals surface area contributed by atoms with Crippen LogP contribution in [0.4, 0.5) is 5.13 Å². The zero-order valence-corrected chi connectivity index (χ0v) is 10.6. The molecule has 3 rings (SSSR count). The summed E-state index contributed by atoms with van der Waals surface area (Å²) < 4.78 is 0. The van der Waals surface area contributed by atoms with E-state index in [0.29, 0.717) is 12.5 Å². The second-order valence-corrected chi connectivity index (χ2v) is 6.11. The molecule has 0 aromatic carbocycles. The molecule has 92 valence electrons. The molecule has 0 amide bonds. The number of aryl methyl sites for hydroxylation is 1. The molecule has 0 saturated heterocycles. The highest BCUT2D eigenvalue weighted by Crippen LogP contribution is 2.40. The standard InChI is InChI=1S/C12H16N2O2S/c1-6(7-2-3-7)13-12-14-10-8(11(15)16)4-5-9(10)17-12/h6-8H,2-5H2,1H3,(H,13,14)(H,15,16). The molecule has 0 radical (unpaired) electrons. The molecular formula is C12H16N2O2S. The summed E-state index contributed by atoms with van der Waals surface area (Å²) >= 11 is 1.63. The Morgan fingerprint density at radius 1 is 1.53 bits per heavy atom. The summed E-state index contributed by atoms with van der Waals surface area (Å²) in [5.74, 6) is -0.340. The van der Waals surface area contributed by atoms with Crippen molar-refractivity contribution >= 4 is 22.4 Å². The summed E-state index contributed by atoms with van der Waals surface area (Å²) in [6.07, 6.45) is 4.18. The van der Waals surface area contributed by atoms with Gasteiger partial charge in [0.05, 0.1) is 5.69 Å². The second-order valence-electron chi connectivity index (χ2n) is 5.03. The molecule has 1 fully saturated rings. The number of carbonyl (C=O) groups is 1. The van der Waals surface area contributed by atoms with Crippen molar-refractivity contribution in [2.75, 3.05) is 5.32 Å². The van der Waals surface area contributed by atoms with E-state index >= 15 is 0 Å². The van der Waals surface area contributed by atoms with Crippen LogP contribution in [0.5, 0.6) is 0 Å². The van der Waals surface area contributed by atoms with E-state index in [4.69, 9.17) is 5.11 Å². The van der Waals surface area contributed by atoms with Crippen molar-refractivity contribution in [2.45, 2.75) is 44.6 Å². The average Bonchev–Trinajstić information content (AvgIpc) is 2.93. The van der Waals surface area contributed by atoms with Crippen LogP contribution in [0, 0.1) is 5.92 Å². The number of carboxylic acids is 1. The molecule has 2 unspecified atom stereocenters. The minimum absolute atomic E-state index is 0.381. The Labute approximate surface area is 104 Å². The summed E-state index contributed by atoms with van der Waals surface area (Å²) in [6, 6.07) is 0.463. The van der Waals surface area contributed by atoms with E-state index in [0.717, 1.165) is 28.0 Å². The Kier molecular flexibility index (Phi) is 2.58. The van der Waals surface area contributed by atoms with Crippen molar-refractivity contribution in [3.63, 3.8) is 0 Å². The highest BCUT2D eigenvalue weighted by Gasteiger charge is 2.33. The maximum absolute atomic E-state index is 11.1. The van der Waals surface area contributed by atoms with Crippen molar-refractivity contribution < 1.29 is 9.90 Å². The fourth-order valence-corrected chi connectivity index (χ4v) is 3.57. The summed E-state index contributed by atoms with van der Waals surface area (Å²) in [5.41, 5.74) is 0.799. The average molecular weight is 252 g/mol. The lowest BCUT2D eigenvalue weighted by Gasteiger charge is -2.11. The number of anilines is 1. The number of nitrogens with zero attached hydrogens (tertiary/aromatic N) is 1. The van der Waals surface area contributed by atoms with Crippen LogP contribution in [0.2, 0.25) is 0 Å². The quantitative estimate of drug-likeness (QED) is 0.864. The molecule has 1 aromatic heterocycles. The second kappa shape index (κ2) is 3.98. The first kappa shape index (κ1) is 11.0. The molecule has 4 nitrogen and oxygen atoms in total. The first-order chi connectivity index (χ1) is 8.15. The van der Waals surface area contributed by atoms with Crippen molar-refractivity contribution in [3.8, 4) is 0 Å². The molecule has 1 heterocycles. The van der Waals surface area contributed by atoms with Gasteiger partial charge in [-0.15, -0.1) is 11.3 Å². The van der Waals surface area contributed by atoms with E-state index < -0.39 is 5.97 Å². The summed E-state index contributed by atoms with van der Waals surface area (Å²) in [6.45, 7) is 2.18. The fourth-order valence-electron chi connectivity index (χ4n) is 2.44. The third kappa shape index (κ3) is 2.04. The number of hydrogen-bond acceptors (Lipinski definition) is 4. The molecule has 1 saturated carbocycles. The van der Waals surface area contributed by atoms with Gasteiger partial charge in [0.25, 0.3) is 0 Å². The zero-order chi connectivity index (χ0) is 12.0. The number of hydrogen-bond donors (Lipinski definition) is 2. The van der Waals surface area contributed by atoms with Crippen molar-refractivity contribution in [1.29, 1.82) is 0 Å². The van der Waals surface area contributed by atoms with Gasteiger partial charge in [-0.1, -0.05) is 0 Å². The Bertz CT molecular complexity index is 453. The predicted octanol–water partition coefficient (Wildman–Crippen LogP) is 2.47. The molecule has 0 spiro atoms. The topological polar surface area (TPSA) is 62.2 Å². The number of nitrogens with one attached hydrogen (secondary N) is 1. The van der Waals surface area contributed by atoms with Crippen LogP contribution in [0.25, 0.3) is 0 Å². The van der Waals surface area contributed by atoms with Crippen LogP contribution < -0.4 is 5.32 Å². The van der Waals surface area contributed by atoms with Gasteiger partial charge in [0, 0.05) is 10.9 Å². The maximum Gasteiger partial charge on any atom is 0.312 e. The van der Waals surface area contributed by atoms with Gasteiger partial charge in [0.1, 0.15) is 5.92 Å². The number of aromatic nitrogens is 1. The fraction of sp³-hybridized carbons (Fsp3) is 0.667. The number of rotatable bonds is 4. The molecule has 0 aliphatic heterocycles. The minimum atomic E-state index is -0.740. The van der Waals surface area contributed by atoms with E-state index in [9.17, 15) is 4.79 Å². The molecule has 2 aliphatic carbocycles. The van der Waals surface area contributed by atoms with Crippen molar-refractivity contribution in [1.82, 2.24) is 4.98 Å². The molecule has 2 aliphatic rings. The Balaban J connectivity index is 1.75. The molecular weight excluding hydrogens is 236 g/mol. The zero-order valence-electron chi connectivity index (χ0n) is 9.77. The minimum Gasteiger partial charge on any atom is -0.481 e. The number of carboxylic acid groups (broad SMARTS) is 1. The monoisotopic (exact) mass is 252 g/mol. The van der Waals surface area contributed by atoms with Crippen LogP contribution in [0.3, 0.4) is 0 Å². The number of thiazole rings is 1. The lowest BCUT2D eigenvalue weighted by atomic mass is 10.1. The van der Waals surface area contributed by atoms with Crippen molar-refractivity contribution in [2.24, 2.45) is 5.92 Å². The van der Waals surface area contributed by atoms with Crippen LogP contribution in [-0.4, -0.2) is 22.1 Å². The largest absolute Gasteiger partial charge is 0.481 e. The third-order valence-corrected chi connectivity index (χ3v) is 4.76. The summed E-state index contributed by atoms with van der Waals surface area (Å²) in [4.78, 5) is 16.7. The Morgan fingerprint density at radius 3 is 2.94 bits per heavy atom. The van der Waals surface area contributed by atoms with Crippen LogP contribution in [0.15, 0.2) is 0 Å². The van der Waals surface area contributed by atoms with E-state index in [2.05, 4.69) is 17.2 Å². The first-order valence-electron chi connectivity index (χ1n) is 6.14. The SMILES string of the molecule is CC(Nc1nc2c(s1)CCC2C(=O)O)C1CC1. The van der Waals surface area contributed by atoms with E-state index in [1.165, 1.54) is 12.8 Å². The van der Waals surface area contributed by atoms with Gasteiger partial charge in [0.15, 0.2) is 5.13 Å². The van der Waals surface area contributed by atoms with Crippen LogP contribution in [-0.2, 0) is 11.2 Å². The number of fused-ring (bicyclic) bond motifs is 1. The Morgan fingerprint density at radius 2 is 2.29 bits per heavy atom. The van der Waals surface area contributed by atoms with E-state index in [1.54, 1.807) is 11.3 Å². The van der Waals surface area contributed by atoms with Crippen molar-refractivity contribution in [3.05, 3.63) is 10.6 Å². The molecule has 0 bridgehead atoms. The van der Waals surface area contributed by atoms with Gasteiger partial charge in [-0.25, -0.2) is 4.98 Å². The highest BCUT2D eigenvalue weighted by molar-refractivity contribution is 7.15. The van der Waals surface area contributed by atoms with E-state index in [-0.39, 0.29) is 5.92 Å². The van der Waals surface area contributed by atoms with Gasteiger partial charge >= 0.3 is 5.97 Å². The maximum atomic E-state index is 11.1. The number of aliphatic carboxylic acids is 1. The van der Waals surface area contributed by atoms with Gasteiger partial charge in [-0.05, 0) is 38.5 Å². The predicted molar refractivity (Wildman–Crippen MR) is 66.6 cm³/mol. The molecule has 17 heavy (non-hydrogen) atoms. The van der Waals surface area contributed by atoms with Gasteiger partial charge < -0.3 is 10.4 Å². The molecule has 5 heteroatoms. The van der Waals surface area contributed by atoms with E-state index in [1.807, 2.05) is 0 Å². The normalized spacial score (nSPS) is 24.4.